The number of nitrogens with zero attached hydrogens (tertiary/aromatic N) is 2. The molecule has 3 rings (SSSR count). The van der Waals surface area contributed by atoms with E-state index in [4.69, 9.17) is 24.1 Å². The van der Waals surface area contributed by atoms with E-state index in [0.717, 1.165) is 17.1 Å². The van der Waals surface area contributed by atoms with Crippen LogP contribution in [0.5, 0.6) is 0 Å². The molecule has 1 fully saturated rings. The lowest BCUT2D eigenvalue weighted by Gasteiger charge is -2.24. The van der Waals surface area contributed by atoms with E-state index in [1.54, 1.807) is 19.1 Å². The molecule has 2 N–H and O–H groups in total. The number of nitrogen functional groups attached to an aromatic ring is 1. The van der Waals surface area contributed by atoms with Gasteiger partial charge in [0.2, 0.25) is 0 Å². The van der Waals surface area contributed by atoms with Gasteiger partial charge < -0.3 is 19.9 Å². The molecule has 196 valence electrons. The second kappa shape index (κ2) is 11.2. The molecule has 0 amide bonds. The van der Waals surface area contributed by atoms with Gasteiger partial charge in [0.25, 0.3) is 10.1 Å². The highest BCUT2D eigenvalue weighted by molar-refractivity contribution is 7.86. The van der Waals surface area contributed by atoms with Crippen molar-refractivity contribution in [2.75, 3.05) is 12.3 Å². The fraction of sp³-hybridized carbons (Fsp3) is 0.478. The van der Waals surface area contributed by atoms with Gasteiger partial charge in [-0.3, -0.25) is 18.3 Å². The molecule has 2 heterocycles. The minimum absolute atomic E-state index is 0.0475. The third-order valence-corrected chi connectivity index (χ3v) is 6.77. The molecule has 2 aromatic rings. The van der Waals surface area contributed by atoms with E-state index in [-0.39, 0.29) is 10.7 Å². The van der Waals surface area contributed by atoms with Gasteiger partial charge in [-0.25, -0.2) is 4.79 Å². The number of rotatable bonds is 9. The summed E-state index contributed by atoms with van der Waals surface area (Å²) < 4.78 is 49.1. The fourth-order valence-corrected chi connectivity index (χ4v) is 4.88. The van der Waals surface area contributed by atoms with Crippen LogP contribution < -0.4 is 11.4 Å². The van der Waals surface area contributed by atoms with Crippen molar-refractivity contribution in [2.45, 2.75) is 70.0 Å². The van der Waals surface area contributed by atoms with Gasteiger partial charge in [0.1, 0.15) is 24.6 Å². The summed E-state index contributed by atoms with van der Waals surface area (Å²) in [4.78, 5) is 39.9. The van der Waals surface area contributed by atoms with Crippen LogP contribution in [0.15, 0.2) is 40.2 Å². The fourth-order valence-electron chi connectivity index (χ4n) is 3.77. The van der Waals surface area contributed by atoms with Crippen molar-refractivity contribution in [2.24, 2.45) is 0 Å². The Balaban J connectivity index is 2.07. The molecule has 36 heavy (non-hydrogen) atoms. The van der Waals surface area contributed by atoms with Gasteiger partial charge in [-0.1, -0.05) is 31.0 Å². The van der Waals surface area contributed by atoms with Crippen LogP contribution in [0.3, 0.4) is 0 Å². The molecule has 4 atom stereocenters. The Bertz CT molecular complexity index is 1270. The average Bonchev–Trinajstić information content (AvgIpc) is 3.10. The van der Waals surface area contributed by atoms with Crippen LogP contribution in [0.2, 0.25) is 0 Å². The maximum atomic E-state index is 13.1. The van der Waals surface area contributed by atoms with Crippen molar-refractivity contribution in [1.82, 2.24) is 9.55 Å². The van der Waals surface area contributed by atoms with Crippen LogP contribution in [-0.4, -0.2) is 54.8 Å². The minimum Gasteiger partial charge on any atom is -0.463 e. The zero-order valence-corrected chi connectivity index (χ0v) is 21.2. The van der Waals surface area contributed by atoms with Crippen molar-refractivity contribution in [1.29, 1.82) is 0 Å². The first kappa shape index (κ1) is 27.3. The monoisotopic (exact) mass is 523 g/mol. The molecule has 0 bridgehead atoms. The van der Waals surface area contributed by atoms with E-state index in [9.17, 15) is 22.8 Å². The summed E-state index contributed by atoms with van der Waals surface area (Å²) in [6, 6.07) is 5.93. The number of nitrogens with two attached hydrogens (primary N) is 1. The molecule has 1 aromatic carbocycles. The number of carbonyl (C=O) groups is 2. The highest BCUT2D eigenvalue weighted by atomic mass is 32.2. The highest BCUT2D eigenvalue weighted by Gasteiger charge is 2.51. The summed E-state index contributed by atoms with van der Waals surface area (Å²) in [6.45, 7) is 5.58. The first-order valence-corrected chi connectivity index (χ1v) is 12.7. The number of hydrogen-bond donors (Lipinski definition) is 1. The van der Waals surface area contributed by atoms with E-state index in [0.29, 0.717) is 18.4 Å². The van der Waals surface area contributed by atoms with Crippen molar-refractivity contribution >= 4 is 27.9 Å². The predicted octanol–water partition coefficient (Wildman–Crippen LogP) is 1.25. The van der Waals surface area contributed by atoms with E-state index in [1.807, 2.05) is 6.92 Å². The van der Waals surface area contributed by atoms with Crippen LogP contribution in [0.4, 0.5) is 5.82 Å². The van der Waals surface area contributed by atoms with E-state index < -0.39 is 58.9 Å². The van der Waals surface area contributed by atoms with Crippen molar-refractivity contribution < 1.29 is 36.4 Å². The average molecular weight is 524 g/mol. The lowest BCUT2D eigenvalue weighted by molar-refractivity contribution is -0.155. The summed E-state index contributed by atoms with van der Waals surface area (Å²) in [6.07, 6.45) is -2.76. The van der Waals surface area contributed by atoms with E-state index in [1.165, 1.54) is 25.3 Å². The summed E-state index contributed by atoms with van der Waals surface area (Å²) in [5.74, 6) is -1.37. The Hall–Kier alpha value is -3.29. The van der Waals surface area contributed by atoms with Crippen LogP contribution in [-0.2, 0) is 44.5 Å². The number of ether oxygens (including phenoxy) is 3. The summed E-state index contributed by atoms with van der Waals surface area (Å²) >= 11 is 0. The van der Waals surface area contributed by atoms with E-state index >= 15 is 0 Å². The predicted molar refractivity (Wildman–Crippen MR) is 126 cm³/mol. The molecule has 1 aliphatic rings. The smallest absolute Gasteiger partial charge is 0.351 e. The molecule has 13 heteroatoms. The number of esters is 2. The largest absolute Gasteiger partial charge is 0.463 e. The summed E-state index contributed by atoms with van der Waals surface area (Å²) in [7, 11) is -4.37. The minimum atomic E-state index is -4.37. The molecular weight excluding hydrogens is 494 g/mol. The molecule has 1 aliphatic heterocycles. The lowest BCUT2D eigenvalue weighted by atomic mass is 10.1. The molecule has 0 radical (unpaired) electrons. The first-order valence-electron chi connectivity index (χ1n) is 11.3. The Morgan fingerprint density at radius 3 is 2.39 bits per heavy atom. The van der Waals surface area contributed by atoms with Gasteiger partial charge >= 0.3 is 17.6 Å². The van der Waals surface area contributed by atoms with Crippen LogP contribution >= 0.6 is 0 Å². The summed E-state index contributed by atoms with van der Waals surface area (Å²) in [5.41, 5.74) is 6.46. The number of benzene rings is 1. The number of aromatic nitrogens is 2. The second-order valence-electron chi connectivity index (χ2n) is 8.36. The number of carbonyl (C=O) groups excluding carboxylic acids is 2. The van der Waals surface area contributed by atoms with Crippen LogP contribution in [0.25, 0.3) is 0 Å². The van der Waals surface area contributed by atoms with Gasteiger partial charge in [0.15, 0.2) is 12.3 Å². The summed E-state index contributed by atoms with van der Waals surface area (Å²) in [5, 5.41) is 0. The van der Waals surface area contributed by atoms with Gasteiger partial charge in [0.05, 0.1) is 4.90 Å². The molecule has 0 spiro atoms. The SMILES string of the molecule is CCCc1cn([C@@H]2O[C@H](COC(C)=O)[C@H](OS(=O)(=O)c3ccc(C)cc3)[C@H]2OC(C)=O)c(=O)nc1N. The molecule has 1 aromatic heterocycles. The van der Waals surface area contributed by atoms with Crippen LogP contribution in [0, 0.1) is 6.92 Å². The van der Waals surface area contributed by atoms with Gasteiger partial charge in [-0.05, 0) is 25.5 Å². The second-order valence-corrected chi connectivity index (χ2v) is 9.93. The molecule has 12 nitrogen and oxygen atoms in total. The topological polar surface area (TPSA) is 166 Å². The van der Waals surface area contributed by atoms with Crippen LogP contribution in [0.1, 0.15) is 44.5 Å². The molecule has 0 aliphatic carbocycles. The Labute approximate surface area is 208 Å². The maximum absolute atomic E-state index is 13.1. The Morgan fingerprint density at radius 2 is 1.81 bits per heavy atom. The van der Waals surface area contributed by atoms with Gasteiger partial charge in [-0.2, -0.15) is 13.4 Å². The Kier molecular flexibility index (Phi) is 8.48. The quantitative estimate of drug-likeness (QED) is 0.371. The molecule has 1 saturated heterocycles. The van der Waals surface area contributed by atoms with E-state index in [2.05, 4.69) is 4.98 Å². The zero-order valence-electron chi connectivity index (χ0n) is 20.4. The van der Waals surface area contributed by atoms with Gasteiger partial charge in [0, 0.05) is 25.6 Å². The number of hydrogen-bond acceptors (Lipinski definition) is 11. The number of anilines is 1. The Morgan fingerprint density at radius 1 is 1.14 bits per heavy atom. The highest BCUT2D eigenvalue weighted by Crippen LogP contribution is 2.35. The zero-order chi connectivity index (χ0) is 26.6. The van der Waals surface area contributed by atoms with Crippen molar-refractivity contribution in [3.63, 3.8) is 0 Å². The third kappa shape index (κ3) is 6.28. The number of aryl methyl sites for hydroxylation is 2. The van der Waals surface area contributed by atoms with Crippen molar-refractivity contribution in [3.05, 3.63) is 52.1 Å². The maximum Gasteiger partial charge on any atom is 0.351 e. The molecule has 0 unspecified atom stereocenters. The molecular formula is C23H29N3O9S. The standard InChI is InChI=1S/C23H29N3O9S/c1-5-6-16-11-26(23(29)25-21(16)24)22-20(33-15(4)28)19(18(34-22)12-32-14(3)27)35-36(30,31)17-9-7-13(2)8-10-17/h7-11,18-20,22H,5-6,12H2,1-4H3,(H2,24,25,29)/t18-,19+,20-,22-/m1/s1. The third-order valence-electron chi connectivity index (χ3n) is 5.44. The normalized spacial score (nSPS) is 21.8. The molecule has 0 saturated carbocycles. The lowest BCUT2D eigenvalue weighted by Crippen LogP contribution is -2.42. The van der Waals surface area contributed by atoms with Crippen molar-refractivity contribution in [3.8, 4) is 0 Å². The van der Waals surface area contributed by atoms with Gasteiger partial charge in [-0.15, -0.1) is 0 Å². The first-order chi connectivity index (χ1) is 16.9.